The van der Waals surface area contributed by atoms with Gasteiger partial charge < -0.3 is 25.0 Å². The van der Waals surface area contributed by atoms with Crippen LogP contribution < -0.4 is 5.32 Å². The molecule has 3 heterocycles. The molecule has 1 aromatic carbocycles. The van der Waals surface area contributed by atoms with E-state index < -0.39 is 47.1 Å². The highest BCUT2D eigenvalue weighted by Gasteiger charge is 2.50. The van der Waals surface area contributed by atoms with E-state index in [-0.39, 0.29) is 36.9 Å². The Balaban J connectivity index is 1.48. The fourth-order valence-corrected chi connectivity index (χ4v) is 4.43. The smallest absolute Gasteiger partial charge is 0.276 e. The second-order valence-corrected chi connectivity index (χ2v) is 8.27. The Morgan fingerprint density at radius 2 is 2.06 bits per heavy atom. The number of allylic oxidation sites excluding steroid dienone is 1. The number of ketones is 1. The third-order valence-electron chi connectivity index (χ3n) is 6.17. The molecule has 3 aliphatic heterocycles. The van der Waals surface area contributed by atoms with E-state index in [0.29, 0.717) is 12.7 Å². The Hall–Kier alpha value is -3.01. The summed E-state index contributed by atoms with van der Waals surface area (Å²) in [7, 11) is 0. The highest BCUT2D eigenvalue weighted by atomic mass is 19.1. The van der Waals surface area contributed by atoms with Crippen LogP contribution in [0.5, 0.6) is 0 Å². The number of hydrogen-bond donors (Lipinski definition) is 2. The number of piperazine rings is 1. The first-order chi connectivity index (χ1) is 15.3. The summed E-state index contributed by atoms with van der Waals surface area (Å²) in [6.45, 7) is 2.33. The molecule has 32 heavy (non-hydrogen) atoms. The largest absolute Gasteiger partial charge is 0.503 e. The van der Waals surface area contributed by atoms with Crippen molar-refractivity contribution in [2.24, 2.45) is 5.92 Å². The monoisotopic (exact) mass is 449 g/mol. The van der Waals surface area contributed by atoms with E-state index in [1.165, 1.54) is 11.0 Å². The maximum atomic E-state index is 13.8. The molecule has 0 aliphatic carbocycles. The SMILES string of the molecule is CCCC[C@H]1CO[C@@H]2CN3CC(C(=O)NCc4ccc(F)cc4F)C(=O)C(O)=C3C(=O)N12. The number of aliphatic hydroxyl groups excluding tert-OH is 1. The molecule has 0 radical (unpaired) electrons. The van der Waals surface area contributed by atoms with Crippen molar-refractivity contribution in [3.05, 3.63) is 46.9 Å². The van der Waals surface area contributed by atoms with Gasteiger partial charge in [-0.1, -0.05) is 25.8 Å². The van der Waals surface area contributed by atoms with Gasteiger partial charge in [-0.05, 0) is 12.5 Å². The molecule has 172 valence electrons. The van der Waals surface area contributed by atoms with Gasteiger partial charge in [0.05, 0.1) is 19.2 Å². The molecule has 3 atom stereocenters. The number of nitrogens with zero attached hydrogens (tertiary/aromatic N) is 2. The number of aliphatic hydroxyl groups is 1. The summed E-state index contributed by atoms with van der Waals surface area (Å²) in [4.78, 5) is 41.5. The van der Waals surface area contributed by atoms with Crippen LogP contribution >= 0.6 is 0 Å². The number of ether oxygens (including phenoxy) is 1. The van der Waals surface area contributed by atoms with E-state index in [1.807, 2.05) is 0 Å². The Morgan fingerprint density at radius 1 is 1.28 bits per heavy atom. The highest BCUT2D eigenvalue weighted by Crippen LogP contribution is 2.34. The number of fused-ring (bicyclic) bond motifs is 2. The van der Waals surface area contributed by atoms with Crippen LogP contribution in [0.4, 0.5) is 8.78 Å². The van der Waals surface area contributed by atoms with E-state index >= 15 is 0 Å². The lowest BCUT2D eigenvalue weighted by atomic mass is 9.93. The van der Waals surface area contributed by atoms with Gasteiger partial charge >= 0.3 is 0 Å². The maximum Gasteiger partial charge on any atom is 0.276 e. The number of unbranched alkanes of at least 4 members (excludes halogenated alkanes) is 1. The minimum atomic E-state index is -1.26. The molecule has 0 spiro atoms. The van der Waals surface area contributed by atoms with E-state index in [1.54, 1.807) is 4.90 Å². The van der Waals surface area contributed by atoms with Crippen molar-refractivity contribution in [2.75, 3.05) is 19.7 Å². The summed E-state index contributed by atoms with van der Waals surface area (Å²) in [6, 6.07) is 2.86. The van der Waals surface area contributed by atoms with Crippen LogP contribution in [0, 0.1) is 17.6 Å². The molecule has 1 aromatic rings. The van der Waals surface area contributed by atoms with Crippen molar-refractivity contribution < 1.29 is 33.0 Å². The maximum absolute atomic E-state index is 13.8. The van der Waals surface area contributed by atoms with Gasteiger partial charge in [-0.2, -0.15) is 0 Å². The molecule has 3 aliphatic rings. The number of carbonyl (C=O) groups excluding carboxylic acids is 3. The standard InChI is InChI=1S/C22H25F2N3O5/c1-2-3-4-14-11-32-17-10-26-9-15(19(28)20(29)18(26)22(31)27(14)17)21(30)25-8-12-5-6-13(23)7-16(12)24/h5-7,14-15,17,29H,2-4,8-11H2,1H3,(H,25,30)/t14-,15?,17+/m0/s1. The van der Waals surface area contributed by atoms with E-state index in [4.69, 9.17) is 4.74 Å². The minimum Gasteiger partial charge on any atom is -0.503 e. The fraction of sp³-hybridized carbons (Fsp3) is 0.500. The number of nitrogens with one attached hydrogen (secondary N) is 1. The van der Waals surface area contributed by atoms with Crippen molar-refractivity contribution in [3.63, 3.8) is 0 Å². The van der Waals surface area contributed by atoms with Crippen LogP contribution in [0.3, 0.4) is 0 Å². The summed E-state index contributed by atoms with van der Waals surface area (Å²) in [5.41, 5.74) is -0.0448. The second kappa shape index (κ2) is 8.85. The van der Waals surface area contributed by atoms with Gasteiger partial charge in [0.15, 0.2) is 12.0 Å². The number of Topliss-reactive ketones (excluding diaryl/α,β-unsaturated/α-hetero) is 1. The Bertz CT molecular complexity index is 982. The summed E-state index contributed by atoms with van der Waals surface area (Å²) in [5, 5.41) is 13.0. The fourth-order valence-electron chi connectivity index (χ4n) is 4.43. The molecule has 2 fully saturated rings. The lowest BCUT2D eigenvalue weighted by molar-refractivity contribution is -0.148. The van der Waals surface area contributed by atoms with Gasteiger partial charge in [0, 0.05) is 24.7 Å². The van der Waals surface area contributed by atoms with Crippen LogP contribution in [-0.2, 0) is 25.7 Å². The van der Waals surface area contributed by atoms with Gasteiger partial charge in [0.25, 0.3) is 5.91 Å². The molecule has 8 nitrogen and oxygen atoms in total. The third kappa shape index (κ3) is 3.94. The predicted molar refractivity (Wildman–Crippen MR) is 108 cm³/mol. The van der Waals surface area contributed by atoms with Crippen LogP contribution in [0.2, 0.25) is 0 Å². The van der Waals surface area contributed by atoms with Crippen LogP contribution in [0.1, 0.15) is 31.7 Å². The molecule has 4 rings (SSSR count). The minimum absolute atomic E-state index is 0.0599. The van der Waals surface area contributed by atoms with E-state index in [2.05, 4.69) is 12.2 Å². The Labute approximate surface area is 183 Å². The molecule has 0 bridgehead atoms. The van der Waals surface area contributed by atoms with Crippen LogP contribution in [-0.4, -0.2) is 64.5 Å². The van der Waals surface area contributed by atoms with Gasteiger partial charge in [0.2, 0.25) is 11.7 Å². The van der Waals surface area contributed by atoms with Crippen molar-refractivity contribution >= 4 is 17.6 Å². The first kappa shape index (κ1) is 22.2. The highest BCUT2D eigenvalue weighted by molar-refractivity contribution is 6.13. The summed E-state index contributed by atoms with van der Waals surface area (Å²) in [5.74, 6) is -5.61. The zero-order valence-electron chi connectivity index (χ0n) is 17.6. The molecule has 1 unspecified atom stereocenters. The van der Waals surface area contributed by atoms with Gasteiger partial charge in [-0.15, -0.1) is 0 Å². The normalized spacial score (nSPS) is 25.2. The number of carbonyl (C=O) groups is 3. The van der Waals surface area contributed by atoms with Crippen LogP contribution in [0.15, 0.2) is 29.7 Å². The molecule has 2 N–H and O–H groups in total. The molecule has 0 aromatic heterocycles. The molecular weight excluding hydrogens is 424 g/mol. The summed E-state index contributed by atoms with van der Waals surface area (Å²) < 4.78 is 32.6. The predicted octanol–water partition coefficient (Wildman–Crippen LogP) is 1.61. The zero-order chi connectivity index (χ0) is 23.0. The quantitative estimate of drug-likeness (QED) is 0.641. The van der Waals surface area contributed by atoms with E-state index in [0.717, 1.165) is 25.3 Å². The number of halogens is 2. The van der Waals surface area contributed by atoms with Crippen molar-refractivity contribution in [3.8, 4) is 0 Å². The number of benzene rings is 1. The number of rotatable bonds is 6. The average molecular weight is 449 g/mol. The van der Waals surface area contributed by atoms with Gasteiger partial charge in [0.1, 0.15) is 23.2 Å². The van der Waals surface area contributed by atoms with Gasteiger partial charge in [-0.25, -0.2) is 8.78 Å². The first-order valence-electron chi connectivity index (χ1n) is 10.7. The van der Waals surface area contributed by atoms with Gasteiger partial charge in [-0.3, -0.25) is 14.4 Å². The lowest BCUT2D eigenvalue weighted by Gasteiger charge is -2.43. The second-order valence-electron chi connectivity index (χ2n) is 8.27. The Kier molecular flexibility index (Phi) is 6.14. The zero-order valence-corrected chi connectivity index (χ0v) is 17.6. The first-order valence-corrected chi connectivity index (χ1v) is 10.7. The lowest BCUT2D eigenvalue weighted by Crippen LogP contribution is -2.59. The van der Waals surface area contributed by atoms with Crippen LogP contribution in [0.25, 0.3) is 0 Å². The molecule has 0 saturated carbocycles. The molecule has 2 saturated heterocycles. The molecular formula is C22H25F2N3O5. The summed E-state index contributed by atoms with van der Waals surface area (Å²) in [6.07, 6.45) is 2.16. The van der Waals surface area contributed by atoms with Crippen molar-refractivity contribution in [1.29, 1.82) is 0 Å². The molecule has 2 amide bonds. The average Bonchev–Trinajstić information content (AvgIpc) is 3.17. The van der Waals surface area contributed by atoms with Crippen molar-refractivity contribution in [2.45, 2.75) is 45.0 Å². The summed E-state index contributed by atoms with van der Waals surface area (Å²) >= 11 is 0. The Morgan fingerprint density at radius 3 is 2.78 bits per heavy atom. The number of amides is 2. The third-order valence-corrected chi connectivity index (χ3v) is 6.17. The number of hydrogen-bond acceptors (Lipinski definition) is 6. The van der Waals surface area contributed by atoms with Crippen molar-refractivity contribution in [1.82, 2.24) is 15.1 Å². The topological polar surface area (TPSA) is 99.2 Å². The van der Waals surface area contributed by atoms with E-state index in [9.17, 15) is 28.3 Å². The molecule has 10 heteroatoms.